The van der Waals surface area contributed by atoms with Gasteiger partial charge in [-0.3, -0.25) is 14.5 Å². The Hall–Kier alpha value is -3.35. The third-order valence-corrected chi connectivity index (χ3v) is 6.34. The van der Waals surface area contributed by atoms with Gasteiger partial charge in [0.05, 0.1) is 12.7 Å². The number of alkyl halides is 6. The van der Waals surface area contributed by atoms with Gasteiger partial charge in [-0.25, -0.2) is 9.97 Å². The minimum absolute atomic E-state index is 0.000510. The third kappa shape index (κ3) is 4.59. The second kappa shape index (κ2) is 8.64. The van der Waals surface area contributed by atoms with Crippen LogP contribution >= 0.6 is 11.6 Å². The van der Waals surface area contributed by atoms with Crippen LogP contribution in [0, 0.1) is 5.41 Å². The highest BCUT2D eigenvalue weighted by Gasteiger charge is 2.36. The van der Waals surface area contributed by atoms with Crippen LogP contribution in [0.5, 0.6) is 0 Å². The average Bonchev–Trinajstić information content (AvgIpc) is 3.28. The molecular formula is C22H18ClF6N7. The van der Waals surface area contributed by atoms with Crippen LogP contribution in [0.15, 0.2) is 36.7 Å². The topological polar surface area (TPSA) is 77.3 Å². The first-order chi connectivity index (χ1) is 16.9. The van der Waals surface area contributed by atoms with Gasteiger partial charge in [-0.05, 0) is 36.4 Å². The summed E-state index contributed by atoms with van der Waals surface area (Å²) in [5.41, 5.74) is -0.280. The molecule has 1 N–H and O–H groups in total. The zero-order valence-electron chi connectivity index (χ0n) is 18.4. The van der Waals surface area contributed by atoms with Gasteiger partial charge in [-0.1, -0.05) is 24.3 Å². The lowest BCUT2D eigenvalue weighted by molar-refractivity contribution is -0.141. The lowest BCUT2D eigenvalue weighted by Crippen LogP contribution is -2.30. The van der Waals surface area contributed by atoms with Crippen LogP contribution in [-0.2, 0) is 19.3 Å². The number of rotatable bonds is 5. The second-order valence-corrected chi connectivity index (χ2v) is 8.93. The number of benzene rings is 1. The normalized spacial score (nSPS) is 15.0. The monoisotopic (exact) mass is 529 g/mol. The predicted molar refractivity (Wildman–Crippen MR) is 117 cm³/mol. The average molecular weight is 530 g/mol. The maximum atomic E-state index is 13.3. The molecule has 0 saturated heterocycles. The fraction of sp³-hybridized carbons (Fsp3) is 0.364. The van der Waals surface area contributed by atoms with Crippen molar-refractivity contribution in [2.75, 3.05) is 0 Å². The van der Waals surface area contributed by atoms with E-state index in [1.54, 1.807) is 28.8 Å². The number of aromatic nitrogens is 6. The van der Waals surface area contributed by atoms with Crippen LogP contribution in [-0.4, -0.2) is 34.8 Å². The smallest absolute Gasteiger partial charge is 0.327 e. The van der Waals surface area contributed by atoms with Crippen molar-refractivity contribution in [1.29, 1.82) is 5.41 Å². The highest BCUT2D eigenvalue weighted by molar-refractivity contribution is 6.28. The predicted octanol–water partition coefficient (Wildman–Crippen LogP) is 5.58. The van der Waals surface area contributed by atoms with Crippen molar-refractivity contribution >= 4 is 22.8 Å². The Bertz CT molecular complexity index is 1480. The molecule has 5 rings (SSSR count). The number of imidazole rings is 2. The van der Waals surface area contributed by atoms with E-state index >= 15 is 0 Å². The SMILES string of the molecule is N=c1n(CC(F)(F)F)c2cnc(Cl)nc2n1Cc1ccc(-c2nc(C(F)(F)F)cn2C2CCC2)cc1. The summed E-state index contributed by atoms with van der Waals surface area (Å²) in [5, 5.41) is 8.13. The largest absolute Gasteiger partial charge is 0.434 e. The Balaban J connectivity index is 1.50. The molecule has 0 atom stereocenters. The van der Waals surface area contributed by atoms with Crippen molar-refractivity contribution in [3.05, 3.63) is 58.8 Å². The quantitative estimate of drug-likeness (QED) is 0.271. The van der Waals surface area contributed by atoms with E-state index in [-0.39, 0.29) is 34.9 Å². The van der Waals surface area contributed by atoms with Crippen molar-refractivity contribution < 1.29 is 26.3 Å². The molecule has 0 radical (unpaired) electrons. The van der Waals surface area contributed by atoms with Gasteiger partial charge in [0.25, 0.3) is 0 Å². The fourth-order valence-electron chi connectivity index (χ4n) is 4.21. The van der Waals surface area contributed by atoms with Crippen LogP contribution in [0.4, 0.5) is 26.3 Å². The van der Waals surface area contributed by atoms with Gasteiger partial charge in [-0.2, -0.15) is 31.3 Å². The van der Waals surface area contributed by atoms with Crippen LogP contribution in [0.3, 0.4) is 0 Å². The van der Waals surface area contributed by atoms with Crippen LogP contribution in [0.25, 0.3) is 22.6 Å². The maximum absolute atomic E-state index is 13.3. The van der Waals surface area contributed by atoms with Gasteiger partial charge < -0.3 is 4.57 Å². The first kappa shape index (κ1) is 24.3. The fourth-order valence-corrected chi connectivity index (χ4v) is 4.34. The molecule has 1 aliphatic carbocycles. The van der Waals surface area contributed by atoms with Gasteiger partial charge in [0.2, 0.25) is 10.9 Å². The van der Waals surface area contributed by atoms with E-state index in [4.69, 9.17) is 17.0 Å². The van der Waals surface area contributed by atoms with E-state index in [0.717, 1.165) is 36.2 Å². The summed E-state index contributed by atoms with van der Waals surface area (Å²) in [5.74, 6) is 0.203. The molecular weight excluding hydrogens is 512 g/mol. The zero-order chi connectivity index (χ0) is 25.8. The van der Waals surface area contributed by atoms with Gasteiger partial charge >= 0.3 is 12.4 Å². The minimum Gasteiger partial charge on any atom is -0.327 e. The molecule has 1 aromatic carbocycles. The molecule has 14 heteroatoms. The van der Waals surface area contributed by atoms with Crippen LogP contribution in [0.1, 0.15) is 36.6 Å². The number of halogens is 7. The van der Waals surface area contributed by atoms with Crippen molar-refractivity contribution in [1.82, 2.24) is 28.7 Å². The van der Waals surface area contributed by atoms with E-state index in [2.05, 4.69) is 15.0 Å². The third-order valence-electron chi connectivity index (χ3n) is 6.16. The Morgan fingerprint density at radius 1 is 1.00 bits per heavy atom. The molecule has 4 aromatic rings. The molecule has 0 aliphatic heterocycles. The van der Waals surface area contributed by atoms with E-state index in [0.29, 0.717) is 11.1 Å². The van der Waals surface area contributed by atoms with E-state index < -0.39 is 30.2 Å². The molecule has 190 valence electrons. The lowest BCUT2D eigenvalue weighted by atomic mass is 9.92. The highest BCUT2D eigenvalue weighted by Crippen LogP contribution is 2.38. The van der Waals surface area contributed by atoms with Gasteiger partial charge in [0.1, 0.15) is 17.9 Å². The molecule has 3 heterocycles. The summed E-state index contributed by atoms with van der Waals surface area (Å²) >= 11 is 5.85. The van der Waals surface area contributed by atoms with Gasteiger partial charge in [0, 0.05) is 17.8 Å². The maximum Gasteiger partial charge on any atom is 0.434 e. The van der Waals surface area contributed by atoms with Crippen molar-refractivity contribution in [2.24, 2.45) is 0 Å². The van der Waals surface area contributed by atoms with Crippen molar-refractivity contribution in [2.45, 2.75) is 50.7 Å². The first-order valence-corrected chi connectivity index (χ1v) is 11.3. The molecule has 0 unspecified atom stereocenters. The molecule has 0 bridgehead atoms. The van der Waals surface area contributed by atoms with Crippen LogP contribution < -0.4 is 5.62 Å². The second-order valence-electron chi connectivity index (χ2n) is 8.60. The molecule has 36 heavy (non-hydrogen) atoms. The molecule has 3 aromatic heterocycles. The Morgan fingerprint density at radius 2 is 1.69 bits per heavy atom. The molecule has 1 aliphatic rings. The zero-order valence-corrected chi connectivity index (χ0v) is 19.2. The molecule has 0 spiro atoms. The number of hydrogen-bond acceptors (Lipinski definition) is 4. The molecule has 1 fully saturated rings. The Kier molecular flexibility index (Phi) is 5.85. The molecule has 0 amide bonds. The van der Waals surface area contributed by atoms with E-state index in [1.807, 2.05) is 0 Å². The van der Waals surface area contributed by atoms with Gasteiger partial charge in [-0.15, -0.1) is 0 Å². The summed E-state index contributed by atoms with van der Waals surface area (Å²) in [4.78, 5) is 11.6. The Labute approximate surface area is 204 Å². The summed E-state index contributed by atoms with van der Waals surface area (Å²) in [6.07, 6.45) is -4.50. The standard InChI is InChI=1S/C22H18ClF6N7/c23-19-31-8-15-18(33-19)35(20(30)36(15)11-21(24,25)26)9-12-4-6-13(7-5-12)17-32-16(22(27,28)29)10-34(17)14-2-1-3-14/h4-8,10,14,30H,1-3,9,11H2. The number of hydrogen-bond donors (Lipinski definition) is 1. The van der Waals surface area contributed by atoms with Crippen molar-refractivity contribution in [3.8, 4) is 11.4 Å². The van der Waals surface area contributed by atoms with E-state index in [9.17, 15) is 26.3 Å². The lowest BCUT2D eigenvalue weighted by Gasteiger charge is -2.28. The van der Waals surface area contributed by atoms with Crippen molar-refractivity contribution in [3.63, 3.8) is 0 Å². The molecule has 7 nitrogen and oxygen atoms in total. The highest BCUT2D eigenvalue weighted by atomic mass is 35.5. The van der Waals surface area contributed by atoms with Crippen LogP contribution in [0.2, 0.25) is 5.28 Å². The van der Waals surface area contributed by atoms with Gasteiger partial charge in [0.15, 0.2) is 11.3 Å². The minimum atomic E-state index is -4.57. The first-order valence-electron chi connectivity index (χ1n) is 10.9. The summed E-state index contributed by atoms with van der Waals surface area (Å²) in [7, 11) is 0. The number of nitrogens with one attached hydrogen (secondary N) is 1. The summed E-state index contributed by atoms with van der Waals surface area (Å²) < 4.78 is 82.8. The Morgan fingerprint density at radius 3 is 2.28 bits per heavy atom. The molecule has 1 saturated carbocycles. The summed E-state index contributed by atoms with van der Waals surface area (Å²) in [6.45, 7) is -1.41. The van der Waals surface area contributed by atoms with E-state index in [1.165, 1.54) is 4.57 Å². The number of fused-ring (bicyclic) bond motifs is 1. The number of nitrogens with zero attached hydrogens (tertiary/aromatic N) is 6. The summed E-state index contributed by atoms with van der Waals surface area (Å²) in [6, 6.07) is 6.42.